The number of aryl methyl sites for hydroxylation is 2. The molecule has 34 heavy (non-hydrogen) atoms. The van der Waals surface area contributed by atoms with Crippen LogP contribution in [0.2, 0.25) is 0 Å². The quantitative estimate of drug-likeness (QED) is 0.305. The lowest BCUT2D eigenvalue weighted by Crippen LogP contribution is -2.44. The van der Waals surface area contributed by atoms with Crippen molar-refractivity contribution in [2.75, 3.05) is 27.6 Å². The predicted octanol–water partition coefficient (Wildman–Crippen LogP) is 4.44. The number of hydrogen-bond donors (Lipinski definition) is 0. The molecule has 0 unspecified atom stereocenters. The third-order valence-corrected chi connectivity index (χ3v) is 5.67. The van der Waals surface area contributed by atoms with Gasteiger partial charge in [0.25, 0.3) is 5.91 Å². The van der Waals surface area contributed by atoms with E-state index in [-0.39, 0.29) is 23.7 Å². The summed E-state index contributed by atoms with van der Waals surface area (Å²) < 4.78 is 21.9. The Morgan fingerprint density at radius 2 is 1.68 bits per heavy atom. The molecule has 1 amide bonds. The van der Waals surface area contributed by atoms with Crippen LogP contribution in [0.3, 0.4) is 0 Å². The van der Waals surface area contributed by atoms with Gasteiger partial charge in [0.2, 0.25) is 0 Å². The van der Waals surface area contributed by atoms with E-state index >= 15 is 0 Å². The van der Waals surface area contributed by atoms with Crippen molar-refractivity contribution in [3.63, 3.8) is 0 Å². The average molecular weight is 470 g/mol. The van der Waals surface area contributed by atoms with Crippen molar-refractivity contribution in [3.05, 3.63) is 64.4 Å². The number of hydrogen-bond acceptors (Lipinski definition) is 7. The maximum absolute atomic E-state index is 13.7. The van der Waals surface area contributed by atoms with Crippen molar-refractivity contribution in [2.24, 2.45) is 0 Å². The molecule has 1 aliphatic heterocycles. The summed E-state index contributed by atoms with van der Waals surface area (Å²) >= 11 is 0. The van der Waals surface area contributed by atoms with Crippen LogP contribution >= 0.6 is 0 Å². The van der Waals surface area contributed by atoms with Gasteiger partial charge in [-0.2, -0.15) is 0 Å². The number of carbonyl (C=O) groups is 2. The minimum atomic E-state index is -1.10. The van der Waals surface area contributed by atoms with Gasteiger partial charge in [0.05, 0.1) is 19.8 Å². The SMILES string of the molecule is CCOCON1C(=O)C(c2c(C)cc(OC)cc2C)=C(OC(=O)c2ccccc2OC)C1(C)C. The summed E-state index contributed by atoms with van der Waals surface area (Å²) in [5.74, 6) is 0.158. The van der Waals surface area contributed by atoms with Gasteiger partial charge in [-0.05, 0) is 75.6 Å². The number of nitrogens with zero attached hydrogens (tertiary/aromatic N) is 1. The second-order valence-corrected chi connectivity index (χ2v) is 8.33. The molecule has 0 spiro atoms. The van der Waals surface area contributed by atoms with Gasteiger partial charge in [0.1, 0.15) is 28.4 Å². The van der Waals surface area contributed by atoms with Gasteiger partial charge in [-0.1, -0.05) is 12.1 Å². The molecule has 0 radical (unpaired) electrons. The second-order valence-electron chi connectivity index (χ2n) is 8.33. The normalized spacial score (nSPS) is 15.0. The summed E-state index contributed by atoms with van der Waals surface area (Å²) in [7, 11) is 3.06. The van der Waals surface area contributed by atoms with Crippen molar-refractivity contribution in [2.45, 2.75) is 40.2 Å². The van der Waals surface area contributed by atoms with E-state index < -0.39 is 17.4 Å². The molecule has 8 heteroatoms. The van der Waals surface area contributed by atoms with Crippen LogP contribution in [0.5, 0.6) is 11.5 Å². The van der Waals surface area contributed by atoms with Crippen LogP contribution in [0.4, 0.5) is 0 Å². The minimum Gasteiger partial charge on any atom is -0.497 e. The van der Waals surface area contributed by atoms with Crippen LogP contribution in [0, 0.1) is 13.8 Å². The van der Waals surface area contributed by atoms with Crippen LogP contribution < -0.4 is 9.47 Å². The van der Waals surface area contributed by atoms with Gasteiger partial charge < -0.3 is 18.9 Å². The van der Waals surface area contributed by atoms with Crippen molar-refractivity contribution in [1.82, 2.24) is 5.06 Å². The number of amides is 1. The maximum Gasteiger partial charge on any atom is 0.347 e. The molecule has 0 saturated heterocycles. The number of methoxy groups -OCH3 is 2. The summed E-state index contributed by atoms with van der Waals surface area (Å²) in [4.78, 5) is 32.6. The fourth-order valence-electron chi connectivity index (χ4n) is 4.04. The molecule has 0 aliphatic carbocycles. The molecule has 0 aromatic heterocycles. The molecule has 3 rings (SSSR count). The highest BCUT2D eigenvalue weighted by Crippen LogP contribution is 2.44. The smallest absolute Gasteiger partial charge is 0.347 e. The summed E-state index contributed by atoms with van der Waals surface area (Å²) in [6.45, 7) is 9.39. The van der Waals surface area contributed by atoms with E-state index in [2.05, 4.69) is 0 Å². The molecule has 0 bridgehead atoms. The third-order valence-electron chi connectivity index (χ3n) is 5.67. The maximum atomic E-state index is 13.7. The fraction of sp³-hybridized carbons (Fsp3) is 0.385. The van der Waals surface area contributed by atoms with E-state index in [1.165, 1.54) is 12.2 Å². The number of para-hydroxylation sites is 1. The van der Waals surface area contributed by atoms with Gasteiger partial charge >= 0.3 is 5.97 Å². The number of hydroxylamine groups is 2. The van der Waals surface area contributed by atoms with Gasteiger partial charge in [-0.3, -0.25) is 4.79 Å². The molecule has 1 heterocycles. The predicted molar refractivity (Wildman–Crippen MR) is 126 cm³/mol. The van der Waals surface area contributed by atoms with Crippen molar-refractivity contribution in [3.8, 4) is 11.5 Å². The van der Waals surface area contributed by atoms with Gasteiger partial charge in [0, 0.05) is 6.61 Å². The Morgan fingerprint density at radius 3 is 2.26 bits per heavy atom. The summed E-state index contributed by atoms with van der Waals surface area (Å²) in [6, 6.07) is 10.4. The summed E-state index contributed by atoms with van der Waals surface area (Å²) in [5, 5.41) is 1.20. The van der Waals surface area contributed by atoms with Gasteiger partial charge in [0.15, 0.2) is 6.79 Å². The Labute approximate surface area is 200 Å². The summed E-state index contributed by atoms with van der Waals surface area (Å²) in [6.07, 6.45) is 0. The van der Waals surface area contributed by atoms with Crippen LogP contribution in [-0.4, -0.2) is 50.1 Å². The number of ether oxygens (including phenoxy) is 4. The second kappa shape index (κ2) is 10.3. The zero-order valence-electron chi connectivity index (χ0n) is 20.7. The standard InChI is InChI=1S/C26H31NO7/c1-8-32-15-33-27-24(28)22(21-16(2)13-18(30-6)14-17(21)3)23(26(27,4)5)34-25(29)19-11-9-10-12-20(19)31-7/h9-14H,8,15H2,1-7H3. The lowest BCUT2D eigenvalue weighted by Gasteiger charge is -2.31. The molecular formula is C26H31NO7. The molecule has 2 aromatic rings. The first-order valence-corrected chi connectivity index (χ1v) is 11.0. The molecule has 0 saturated carbocycles. The van der Waals surface area contributed by atoms with E-state index in [9.17, 15) is 9.59 Å². The summed E-state index contributed by atoms with van der Waals surface area (Å²) in [5.41, 5.74) is 1.66. The van der Waals surface area contributed by atoms with Crippen LogP contribution in [0.1, 0.15) is 47.8 Å². The van der Waals surface area contributed by atoms with Crippen LogP contribution in [0.25, 0.3) is 5.57 Å². The zero-order chi connectivity index (χ0) is 25.0. The van der Waals surface area contributed by atoms with Crippen molar-refractivity contribution < 1.29 is 33.4 Å². The first-order chi connectivity index (χ1) is 16.2. The van der Waals surface area contributed by atoms with Crippen molar-refractivity contribution >= 4 is 17.4 Å². The van der Waals surface area contributed by atoms with E-state index in [1.54, 1.807) is 45.2 Å². The first kappa shape index (κ1) is 25.3. The topological polar surface area (TPSA) is 83.5 Å². The lowest BCUT2D eigenvalue weighted by molar-refractivity contribution is -0.242. The Bertz CT molecular complexity index is 1100. The highest BCUT2D eigenvalue weighted by Gasteiger charge is 2.50. The molecule has 1 aliphatic rings. The van der Waals surface area contributed by atoms with E-state index in [1.807, 2.05) is 32.9 Å². The number of esters is 1. The molecule has 0 atom stereocenters. The molecular weight excluding hydrogens is 438 g/mol. The fourth-order valence-corrected chi connectivity index (χ4v) is 4.04. The molecule has 8 nitrogen and oxygen atoms in total. The van der Waals surface area contributed by atoms with Gasteiger partial charge in [-0.15, -0.1) is 0 Å². The lowest BCUT2D eigenvalue weighted by atomic mass is 9.92. The van der Waals surface area contributed by atoms with E-state index in [4.69, 9.17) is 23.8 Å². The Hall–Kier alpha value is -3.36. The number of benzene rings is 2. The Morgan fingerprint density at radius 1 is 1.03 bits per heavy atom. The largest absolute Gasteiger partial charge is 0.497 e. The average Bonchev–Trinajstić information content (AvgIpc) is 2.98. The number of carbonyl (C=O) groups excluding carboxylic acids is 2. The van der Waals surface area contributed by atoms with Crippen LogP contribution in [-0.2, 0) is 19.1 Å². The van der Waals surface area contributed by atoms with E-state index in [0.29, 0.717) is 23.7 Å². The zero-order valence-corrected chi connectivity index (χ0v) is 20.7. The molecule has 0 fully saturated rings. The highest BCUT2D eigenvalue weighted by molar-refractivity contribution is 6.23. The molecule has 0 N–H and O–H groups in total. The Balaban J connectivity index is 2.15. The molecule has 2 aromatic carbocycles. The third kappa shape index (κ3) is 4.64. The van der Waals surface area contributed by atoms with Crippen molar-refractivity contribution in [1.29, 1.82) is 0 Å². The Kier molecular flexibility index (Phi) is 7.64. The van der Waals surface area contributed by atoms with Crippen LogP contribution in [0.15, 0.2) is 42.2 Å². The first-order valence-electron chi connectivity index (χ1n) is 11.0. The monoisotopic (exact) mass is 469 g/mol. The van der Waals surface area contributed by atoms with Gasteiger partial charge in [-0.25, -0.2) is 14.7 Å². The number of rotatable bonds is 9. The minimum absolute atomic E-state index is 0.118. The highest BCUT2D eigenvalue weighted by atomic mass is 16.8. The van der Waals surface area contributed by atoms with E-state index in [0.717, 1.165) is 11.1 Å². The molecule has 182 valence electrons.